The quantitative estimate of drug-likeness (QED) is 0.851. The zero-order valence-electron chi connectivity index (χ0n) is 14.9. The zero-order valence-corrected chi connectivity index (χ0v) is 14.9. The van der Waals surface area contributed by atoms with E-state index in [1.165, 1.54) is 38.9 Å². The molecule has 5 heteroatoms. The van der Waals surface area contributed by atoms with Crippen molar-refractivity contribution in [3.05, 3.63) is 23.7 Å². The van der Waals surface area contributed by atoms with Gasteiger partial charge in [0.2, 0.25) is 0 Å². The van der Waals surface area contributed by atoms with Gasteiger partial charge in [-0.1, -0.05) is 0 Å². The predicted octanol–water partition coefficient (Wildman–Crippen LogP) is 2.22. The highest BCUT2D eigenvalue weighted by Gasteiger charge is 2.43. The second-order valence-electron chi connectivity index (χ2n) is 7.86. The van der Waals surface area contributed by atoms with Gasteiger partial charge >= 0.3 is 0 Å². The fourth-order valence-corrected chi connectivity index (χ4v) is 4.96. The molecule has 1 aromatic rings. The smallest absolute Gasteiger partial charge is 0.289 e. The third-order valence-electron chi connectivity index (χ3n) is 6.38. The summed E-state index contributed by atoms with van der Waals surface area (Å²) in [5, 5.41) is 0. The number of furan rings is 1. The Kier molecular flexibility index (Phi) is 4.39. The van der Waals surface area contributed by atoms with E-state index < -0.39 is 0 Å². The minimum atomic E-state index is 0.0709. The summed E-state index contributed by atoms with van der Waals surface area (Å²) < 4.78 is 5.41. The van der Waals surface area contributed by atoms with Crippen LogP contribution in [0.15, 0.2) is 16.7 Å². The van der Waals surface area contributed by atoms with Crippen LogP contribution >= 0.6 is 0 Å². The molecule has 0 aromatic carbocycles. The second kappa shape index (κ2) is 6.52. The summed E-state index contributed by atoms with van der Waals surface area (Å²) in [5.41, 5.74) is 0.942. The third kappa shape index (κ3) is 2.88. The summed E-state index contributed by atoms with van der Waals surface area (Å²) in [6.45, 7) is 7.41. The molecule has 0 unspecified atom stereocenters. The number of nitrogens with zero attached hydrogens (tertiary/aromatic N) is 3. The molecule has 1 aromatic heterocycles. The lowest BCUT2D eigenvalue weighted by atomic mass is 9.92. The second-order valence-corrected chi connectivity index (χ2v) is 7.86. The molecule has 3 atom stereocenters. The lowest BCUT2D eigenvalue weighted by Crippen LogP contribution is -2.48. The Morgan fingerprint density at radius 2 is 2.08 bits per heavy atom. The molecular formula is C19H29N3O2. The number of rotatable bonds is 3. The Morgan fingerprint density at radius 3 is 2.79 bits per heavy atom. The van der Waals surface area contributed by atoms with Crippen molar-refractivity contribution in [1.82, 2.24) is 14.7 Å². The summed E-state index contributed by atoms with van der Waals surface area (Å²) in [6.07, 6.45) is 6.63. The van der Waals surface area contributed by atoms with E-state index in [9.17, 15) is 4.79 Å². The molecule has 0 N–H and O–H groups in total. The van der Waals surface area contributed by atoms with E-state index in [2.05, 4.69) is 16.8 Å². The Labute approximate surface area is 144 Å². The van der Waals surface area contributed by atoms with Crippen molar-refractivity contribution in [3.8, 4) is 0 Å². The Balaban J connectivity index is 1.40. The number of fused-ring (bicyclic) bond motifs is 1. The van der Waals surface area contributed by atoms with Gasteiger partial charge in [0.05, 0.1) is 6.26 Å². The molecule has 3 saturated heterocycles. The van der Waals surface area contributed by atoms with Crippen molar-refractivity contribution >= 4 is 5.91 Å². The van der Waals surface area contributed by atoms with Crippen LogP contribution in [0.2, 0.25) is 0 Å². The van der Waals surface area contributed by atoms with Crippen LogP contribution in [0.5, 0.6) is 0 Å². The first kappa shape index (κ1) is 16.2. The number of amides is 1. The van der Waals surface area contributed by atoms with E-state index >= 15 is 0 Å². The van der Waals surface area contributed by atoms with Crippen molar-refractivity contribution in [3.63, 3.8) is 0 Å². The highest BCUT2D eigenvalue weighted by molar-refractivity contribution is 5.92. The number of hydrogen-bond acceptors (Lipinski definition) is 4. The van der Waals surface area contributed by atoms with Gasteiger partial charge in [0.15, 0.2) is 5.76 Å². The van der Waals surface area contributed by atoms with Crippen molar-refractivity contribution < 1.29 is 9.21 Å². The normalized spacial score (nSPS) is 31.6. The molecule has 0 spiro atoms. The van der Waals surface area contributed by atoms with Crippen molar-refractivity contribution in [2.24, 2.45) is 5.92 Å². The standard InChI is InChI=1S/C19H29N3O2/c1-14-6-10-24-18(14)19(23)22-9-5-17-15(12-22)11-16(20(17)2)13-21-7-3-4-8-21/h6,10,15-17H,3-5,7-9,11-13H2,1-2H3/t15-,16+,17+/m1/s1. The highest BCUT2D eigenvalue weighted by atomic mass is 16.3. The molecule has 0 saturated carbocycles. The van der Waals surface area contributed by atoms with Gasteiger partial charge in [-0.05, 0) is 64.7 Å². The van der Waals surface area contributed by atoms with E-state index in [4.69, 9.17) is 4.42 Å². The van der Waals surface area contributed by atoms with Gasteiger partial charge in [0.25, 0.3) is 5.91 Å². The van der Waals surface area contributed by atoms with Gasteiger partial charge in [-0.2, -0.15) is 0 Å². The van der Waals surface area contributed by atoms with Crippen LogP contribution in [0, 0.1) is 12.8 Å². The van der Waals surface area contributed by atoms with Gasteiger partial charge in [0.1, 0.15) is 0 Å². The minimum absolute atomic E-state index is 0.0709. The van der Waals surface area contributed by atoms with Crippen molar-refractivity contribution in [1.29, 1.82) is 0 Å². The molecule has 24 heavy (non-hydrogen) atoms. The number of hydrogen-bond donors (Lipinski definition) is 0. The van der Waals surface area contributed by atoms with E-state index in [1.54, 1.807) is 6.26 Å². The van der Waals surface area contributed by atoms with Crippen LogP contribution in [0.4, 0.5) is 0 Å². The fraction of sp³-hybridized carbons (Fsp3) is 0.737. The molecule has 0 aliphatic carbocycles. The molecule has 0 radical (unpaired) electrons. The SMILES string of the molecule is Cc1ccoc1C(=O)N1CC[C@H]2[C@H](C[C@@H](CN3CCCC3)N2C)C1. The number of piperidine rings is 1. The molecule has 4 heterocycles. The summed E-state index contributed by atoms with van der Waals surface area (Å²) in [6, 6.07) is 3.16. The number of carbonyl (C=O) groups excluding carboxylic acids is 1. The van der Waals surface area contributed by atoms with Crippen LogP contribution in [-0.2, 0) is 0 Å². The molecule has 1 amide bonds. The number of carbonyl (C=O) groups is 1. The molecule has 3 aliphatic heterocycles. The van der Waals surface area contributed by atoms with Gasteiger partial charge in [0, 0.05) is 37.3 Å². The molecule has 0 bridgehead atoms. The summed E-state index contributed by atoms with van der Waals surface area (Å²) in [7, 11) is 2.29. The highest BCUT2D eigenvalue weighted by Crippen LogP contribution is 2.35. The van der Waals surface area contributed by atoms with Gasteiger partial charge in [-0.25, -0.2) is 0 Å². The Hall–Kier alpha value is -1.33. The first-order valence-electron chi connectivity index (χ1n) is 9.41. The number of aryl methyl sites for hydroxylation is 1. The van der Waals surface area contributed by atoms with Crippen LogP contribution in [0.25, 0.3) is 0 Å². The maximum Gasteiger partial charge on any atom is 0.289 e. The molecule has 4 rings (SSSR count). The minimum Gasteiger partial charge on any atom is -0.459 e. The van der Waals surface area contributed by atoms with E-state index in [1.807, 2.05) is 17.9 Å². The topological polar surface area (TPSA) is 39.9 Å². The van der Waals surface area contributed by atoms with Gasteiger partial charge < -0.3 is 14.2 Å². The summed E-state index contributed by atoms with van der Waals surface area (Å²) in [4.78, 5) is 20.0. The first-order valence-corrected chi connectivity index (χ1v) is 9.41. The lowest BCUT2D eigenvalue weighted by Gasteiger charge is -2.37. The monoisotopic (exact) mass is 331 g/mol. The Morgan fingerprint density at radius 1 is 1.29 bits per heavy atom. The predicted molar refractivity (Wildman–Crippen MR) is 93.1 cm³/mol. The molecule has 3 aliphatic rings. The molecular weight excluding hydrogens is 302 g/mol. The van der Waals surface area contributed by atoms with Gasteiger partial charge in [-0.3, -0.25) is 9.69 Å². The Bertz CT molecular complexity index is 593. The average molecular weight is 331 g/mol. The van der Waals surface area contributed by atoms with Crippen molar-refractivity contribution in [2.75, 3.05) is 39.8 Å². The first-order chi connectivity index (χ1) is 11.6. The maximum atomic E-state index is 12.7. The largest absolute Gasteiger partial charge is 0.459 e. The molecule has 5 nitrogen and oxygen atoms in total. The van der Waals surface area contributed by atoms with E-state index in [0.717, 1.165) is 25.1 Å². The molecule has 3 fully saturated rings. The lowest BCUT2D eigenvalue weighted by molar-refractivity contribution is 0.0574. The summed E-state index contributed by atoms with van der Waals surface area (Å²) >= 11 is 0. The van der Waals surface area contributed by atoms with Crippen LogP contribution < -0.4 is 0 Å². The average Bonchev–Trinajstić information content (AvgIpc) is 3.29. The van der Waals surface area contributed by atoms with Crippen LogP contribution in [0.3, 0.4) is 0 Å². The van der Waals surface area contributed by atoms with E-state index in [0.29, 0.717) is 23.8 Å². The number of likely N-dealkylation sites (N-methyl/N-ethyl adjacent to an activating group) is 1. The summed E-state index contributed by atoms with van der Waals surface area (Å²) in [5.74, 6) is 1.20. The maximum absolute atomic E-state index is 12.7. The van der Waals surface area contributed by atoms with Crippen LogP contribution in [0.1, 0.15) is 41.8 Å². The molecule has 132 valence electrons. The third-order valence-corrected chi connectivity index (χ3v) is 6.38. The van der Waals surface area contributed by atoms with Crippen molar-refractivity contribution in [2.45, 2.75) is 44.7 Å². The zero-order chi connectivity index (χ0) is 16.7. The van der Waals surface area contributed by atoms with E-state index in [-0.39, 0.29) is 5.91 Å². The van der Waals surface area contributed by atoms with Crippen LogP contribution in [-0.4, -0.2) is 72.5 Å². The number of likely N-dealkylation sites (tertiary alicyclic amines) is 3. The fourth-order valence-electron chi connectivity index (χ4n) is 4.96. The van der Waals surface area contributed by atoms with Gasteiger partial charge in [-0.15, -0.1) is 0 Å².